The number of ether oxygens (including phenoxy) is 1. The fourth-order valence-corrected chi connectivity index (χ4v) is 3.84. The molecule has 4 rings (SSSR count). The molecule has 37 heavy (non-hydrogen) atoms. The third kappa shape index (κ3) is 5.50. The van der Waals surface area contributed by atoms with E-state index >= 15 is 0 Å². The van der Waals surface area contributed by atoms with E-state index in [1.807, 2.05) is 26.8 Å². The van der Waals surface area contributed by atoms with Crippen LogP contribution in [0.25, 0.3) is 16.9 Å². The Morgan fingerprint density at radius 2 is 1.92 bits per heavy atom. The van der Waals surface area contributed by atoms with Gasteiger partial charge in [-0.3, -0.25) is 9.20 Å². The summed E-state index contributed by atoms with van der Waals surface area (Å²) in [7, 11) is 1.28. The largest absolute Gasteiger partial charge is 0.494 e. The number of aryl methyl sites for hydroxylation is 1. The summed E-state index contributed by atoms with van der Waals surface area (Å²) in [6.45, 7) is 6.01. The number of anilines is 2. The first-order valence-electron chi connectivity index (χ1n) is 11.5. The SMILES string of the molecule is CCc1cc(Nc2nccn3c(-c4ccc(OC)c(F)c4F)cnc23)ccc1C(=O)NC(C)(C)CN.Cl. The molecule has 0 spiro atoms. The van der Waals surface area contributed by atoms with Crippen molar-refractivity contribution >= 4 is 35.5 Å². The van der Waals surface area contributed by atoms with Gasteiger partial charge in [0.1, 0.15) is 0 Å². The molecule has 0 fully saturated rings. The third-order valence-corrected chi connectivity index (χ3v) is 5.93. The molecule has 0 saturated carbocycles. The minimum absolute atomic E-state index is 0. The second-order valence-electron chi connectivity index (χ2n) is 8.95. The van der Waals surface area contributed by atoms with Crippen molar-refractivity contribution in [3.8, 4) is 17.0 Å². The van der Waals surface area contributed by atoms with Gasteiger partial charge in [0.2, 0.25) is 5.82 Å². The highest BCUT2D eigenvalue weighted by molar-refractivity contribution is 5.96. The number of carbonyl (C=O) groups excluding carboxylic acids is 1. The number of hydrogen-bond donors (Lipinski definition) is 3. The van der Waals surface area contributed by atoms with E-state index in [1.165, 1.54) is 31.6 Å². The van der Waals surface area contributed by atoms with Crippen LogP contribution in [0.4, 0.5) is 20.3 Å². The average Bonchev–Trinajstić information content (AvgIpc) is 3.30. The van der Waals surface area contributed by atoms with Gasteiger partial charge < -0.3 is 21.1 Å². The van der Waals surface area contributed by atoms with Crippen LogP contribution in [0.15, 0.2) is 48.9 Å². The van der Waals surface area contributed by atoms with Gasteiger partial charge in [0, 0.05) is 41.3 Å². The fraction of sp³-hybridized carbons (Fsp3) is 0.269. The number of aromatic nitrogens is 3. The first kappa shape index (κ1) is 27.8. The van der Waals surface area contributed by atoms with Crippen molar-refractivity contribution in [1.29, 1.82) is 0 Å². The Kier molecular flexibility index (Phi) is 8.35. The highest BCUT2D eigenvalue weighted by Crippen LogP contribution is 2.31. The average molecular weight is 531 g/mol. The van der Waals surface area contributed by atoms with Gasteiger partial charge in [0.15, 0.2) is 23.0 Å². The van der Waals surface area contributed by atoms with Crippen LogP contribution in [0.2, 0.25) is 0 Å². The van der Waals surface area contributed by atoms with E-state index in [2.05, 4.69) is 20.6 Å². The molecule has 8 nitrogen and oxygen atoms in total. The number of nitrogens with two attached hydrogens (primary N) is 1. The second kappa shape index (κ2) is 11.1. The lowest BCUT2D eigenvalue weighted by Crippen LogP contribution is -2.49. The van der Waals surface area contributed by atoms with E-state index in [4.69, 9.17) is 10.5 Å². The Bertz CT molecular complexity index is 1440. The van der Waals surface area contributed by atoms with Gasteiger partial charge in [-0.05, 0) is 56.2 Å². The Hall–Kier alpha value is -3.76. The van der Waals surface area contributed by atoms with E-state index in [1.54, 1.807) is 22.7 Å². The molecule has 0 saturated heterocycles. The van der Waals surface area contributed by atoms with Gasteiger partial charge in [-0.2, -0.15) is 4.39 Å². The summed E-state index contributed by atoms with van der Waals surface area (Å²) in [6.07, 6.45) is 5.25. The summed E-state index contributed by atoms with van der Waals surface area (Å²) in [4.78, 5) is 21.6. The van der Waals surface area contributed by atoms with Crippen LogP contribution in [0.5, 0.6) is 5.75 Å². The number of nitrogens with one attached hydrogen (secondary N) is 2. The quantitative estimate of drug-likeness (QED) is 0.300. The molecule has 2 heterocycles. The molecule has 0 aliphatic rings. The number of rotatable bonds is 8. The number of carbonyl (C=O) groups is 1. The zero-order valence-corrected chi connectivity index (χ0v) is 21.7. The van der Waals surface area contributed by atoms with Crippen LogP contribution in [0.3, 0.4) is 0 Å². The second-order valence-corrected chi connectivity index (χ2v) is 8.95. The third-order valence-electron chi connectivity index (χ3n) is 5.93. The molecule has 196 valence electrons. The Morgan fingerprint density at radius 3 is 2.59 bits per heavy atom. The molecule has 0 aliphatic heterocycles. The standard InChI is InChI=1S/C26H28F2N6O2.ClH/c1-5-15-12-16(6-7-17(15)25(35)33-26(2,3)14-29)32-23-24-31-13-19(34(24)11-10-30-23)18-8-9-20(36-4)22(28)21(18)27;/h6-13H,5,14,29H2,1-4H3,(H,30,32)(H,33,35);1H. The smallest absolute Gasteiger partial charge is 0.252 e. The minimum atomic E-state index is -1.07. The van der Waals surface area contributed by atoms with Crippen molar-refractivity contribution in [1.82, 2.24) is 19.7 Å². The van der Waals surface area contributed by atoms with Crippen LogP contribution < -0.4 is 21.1 Å². The molecule has 4 N–H and O–H groups in total. The Labute approximate surface area is 219 Å². The van der Waals surface area contributed by atoms with Crippen molar-refractivity contribution in [3.63, 3.8) is 0 Å². The number of methoxy groups -OCH3 is 1. The molecule has 0 atom stereocenters. The molecule has 1 amide bonds. The summed E-state index contributed by atoms with van der Waals surface area (Å²) < 4.78 is 35.5. The van der Waals surface area contributed by atoms with Crippen molar-refractivity contribution in [3.05, 3.63) is 71.7 Å². The molecule has 0 aliphatic carbocycles. The van der Waals surface area contributed by atoms with Crippen molar-refractivity contribution in [2.45, 2.75) is 32.7 Å². The van der Waals surface area contributed by atoms with E-state index in [0.29, 0.717) is 41.4 Å². The number of halogens is 3. The summed E-state index contributed by atoms with van der Waals surface area (Å²) in [5.74, 6) is -2.04. The van der Waals surface area contributed by atoms with Gasteiger partial charge in [-0.1, -0.05) is 6.92 Å². The fourth-order valence-electron chi connectivity index (χ4n) is 3.84. The maximum Gasteiger partial charge on any atom is 0.252 e. The van der Waals surface area contributed by atoms with Gasteiger partial charge >= 0.3 is 0 Å². The van der Waals surface area contributed by atoms with E-state index in [-0.39, 0.29) is 29.6 Å². The Balaban J connectivity index is 0.00000380. The first-order chi connectivity index (χ1) is 17.2. The van der Waals surface area contributed by atoms with Crippen LogP contribution in [-0.4, -0.2) is 39.5 Å². The van der Waals surface area contributed by atoms with Gasteiger partial charge in [-0.25, -0.2) is 14.4 Å². The number of fused-ring (bicyclic) bond motifs is 1. The van der Waals surface area contributed by atoms with E-state index in [9.17, 15) is 13.6 Å². The molecule has 4 aromatic rings. The maximum atomic E-state index is 14.7. The summed E-state index contributed by atoms with van der Waals surface area (Å²) >= 11 is 0. The van der Waals surface area contributed by atoms with Crippen LogP contribution in [0.1, 0.15) is 36.7 Å². The Morgan fingerprint density at radius 1 is 1.16 bits per heavy atom. The molecule has 2 aromatic heterocycles. The lowest BCUT2D eigenvalue weighted by Gasteiger charge is -2.25. The lowest BCUT2D eigenvalue weighted by molar-refractivity contribution is 0.0915. The molecule has 11 heteroatoms. The van der Waals surface area contributed by atoms with Gasteiger partial charge in [0.25, 0.3) is 5.91 Å². The summed E-state index contributed by atoms with van der Waals surface area (Å²) in [5.41, 5.74) is 8.16. The van der Waals surface area contributed by atoms with Crippen molar-refractivity contribution in [2.24, 2.45) is 5.73 Å². The molecule has 0 unspecified atom stereocenters. The predicted molar refractivity (Wildman–Crippen MR) is 142 cm³/mol. The monoisotopic (exact) mass is 530 g/mol. The highest BCUT2D eigenvalue weighted by atomic mass is 35.5. The van der Waals surface area contributed by atoms with Crippen LogP contribution in [-0.2, 0) is 6.42 Å². The highest BCUT2D eigenvalue weighted by Gasteiger charge is 2.22. The molecule has 0 radical (unpaired) electrons. The number of hydrogen-bond acceptors (Lipinski definition) is 6. The minimum Gasteiger partial charge on any atom is -0.494 e. The molecule has 2 aromatic carbocycles. The van der Waals surface area contributed by atoms with Gasteiger partial charge in [-0.15, -0.1) is 12.4 Å². The van der Waals surface area contributed by atoms with Crippen LogP contribution >= 0.6 is 12.4 Å². The summed E-state index contributed by atoms with van der Waals surface area (Å²) in [6, 6.07) is 8.20. The van der Waals surface area contributed by atoms with Crippen LogP contribution in [0, 0.1) is 11.6 Å². The predicted octanol–water partition coefficient (Wildman–Crippen LogP) is 4.88. The zero-order valence-electron chi connectivity index (χ0n) is 20.9. The van der Waals surface area contributed by atoms with Gasteiger partial charge in [0.05, 0.1) is 19.0 Å². The number of amides is 1. The zero-order chi connectivity index (χ0) is 26.0. The van der Waals surface area contributed by atoms with E-state index < -0.39 is 17.2 Å². The van der Waals surface area contributed by atoms with Crippen molar-refractivity contribution < 1.29 is 18.3 Å². The van der Waals surface area contributed by atoms with E-state index in [0.717, 1.165) is 5.56 Å². The number of benzene rings is 2. The topological polar surface area (TPSA) is 107 Å². The van der Waals surface area contributed by atoms with Crippen molar-refractivity contribution in [2.75, 3.05) is 19.0 Å². The molecular weight excluding hydrogens is 502 g/mol. The first-order valence-corrected chi connectivity index (χ1v) is 11.5. The summed E-state index contributed by atoms with van der Waals surface area (Å²) in [5, 5.41) is 6.17. The normalized spacial score (nSPS) is 11.2. The molecular formula is C26H29ClF2N6O2. The maximum absolute atomic E-state index is 14.7. The number of nitrogens with zero attached hydrogens (tertiary/aromatic N) is 3. The number of imidazole rings is 1. The lowest BCUT2D eigenvalue weighted by atomic mass is 10.0. The molecule has 0 bridgehead atoms.